The van der Waals surface area contributed by atoms with E-state index in [9.17, 15) is 8.78 Å². The van der Waals surface area contributed by atoms with E-state index in [0.29, 0.717) is 11.0 Å². The Bertz CT molecular complexity index is 602. The van der Waals surface area contributed by atoms with Crippen molar-refractivity contribution >= 4 is 18.9 Å². The standard InChI is InChI=1S/C15H21BF2N2O2/c1-14(2)15(3,4)22-16(21-14)10(8-19)5-9-6-11(17)12(18)7-13(9)20/h5-7H,8,19-20H2,1-4H3. The van der Waals surface area contributed by atoms with Crippen LogP contribution in [0.4, 0.5) is 14.5 Å². The predicted molar refractivity (Wildman–Crippen MR) is 83.9 cm³/mol. The van der Waals surface area contributed by atoms with Crippen molar-refractivity contribution in [3.63, 3.8) is 0 Å². The van der Waals surface area contributed by atoms with Crippen molar-refractivity contribution in [2.75, 3.05) is 12.3 Å². The lowest BCUT2D eigenvalue weighted by Crippen LogP contribution is -2.41. The van der Waals surface area contributed by atoms with Gasteiger partial charge < -0.3 is 20.8 Å². The van der Waals surface area contributed by atoms with E-state index < -0.39 is 30.0 Å². The summed E-state index contributed by atoms with van der Waals surface area (Å²) < 4.78 is 38.3. The van der Waals surface area contributed by atoms with Crippen molar-refractivity contribution in [1.29, 1.82) is 0 Å². The number of nitrogens with two attached hydrogens (primary N) is 2. The Labute approximate surface area is 129 Å². The summed E-state index contributed by atoms with van der Waals surface area (Å²) in [7, 11) is -0.650. The van der Waals surface area contributed by atoms with Gasteiger partial charge in [0.15, 0.2) is 11.6 Å². The van der Waals surface area contributed by atoms with E-state index in [4.69, 9.17) is 20.8 Å². The Morgan fingerprint density at radius 3 is 2.14 bits per heavy atom. The van der Waals surface area contributed by atoms with Crippen LogP contribution in [0, 0.1) is 11.6 Å². The van der Waals surface area contributed by atoms with Crippen LogP contribution in [0.2, 0.25) is 0 Å². The van der Waals surface area contributed by atoms with Crippen LogP contribution in [-0.2, 0) is 9.31 Å². The van der Waals surface area contributed by atoms with Crippen LogP contribution in [-0.4, -0.2) is 24.9 Å². The van der Waals surface area contributed by atoms with E-state index in [0.717, 1.165) is 12.1 Å². The van der Waals surface area contributed by atoms with Gasteiger partial charge in [-0.05, 0) is 44.8 Å². The van der Waals surface area contributed by atoms with Gasteiger partial charge in [0.25, 0.3) is 0 Å². The molecule has 7 heteroatoms. The highest BCUT2D eigenvalue weighted by Gasteiger charge is 2.52. The van der Waals surface area contributed by atoms with Crippen molar-refractivity contribution < 1.29 is 18.1 Å². The largest absolute Gasteiger partial charge is 0.491 e. The summed E-state index contributed by atoms with van der Waals surface area (Å²) in [6.45, 7) is 7.84. The molecule has 0 radical (unpaired) electrons. The molecular weight excluding hydrogens is 289 g/mol. The summed E-state index contributed by atoms with van der Waals surface area (Å²) in [6.07, 6.45) is 1.58. The van der Waals surface area contributed by atoms with Gasteiger partial charge in [-0.3, -0.25) is 0 Å². The molecule has 1 fully saturated rings. The molecular formula is C15H21BF2N2O2. The number of anilines is 1. The van der Waals surface area contributed by atoms with E-state index in [1.165, 1.54) is 0 Å². The SMILES string of the molecule is CC1(C)OB(C(=Cc2cc(F)c(F)cc2N)CN)OC1(C)C. The van der Waals surface area contributed by atoms with E-state index in [2.05, 4.69) is 0 Å². The highest BCUT2D eigenvalue weighted by atomic mass is 19.2. The highest BCUT2D eigenvalue weighted by molar-refractivity contribution is 6.56. The molecule has 0 bridgehead atoms. The first-order chi connectivity index (χ1) is 10.1. The molecule has 0 aliphatic carbocycles. The second-order valence-electron chi connectivity index (χ2n) is 6.41. The molecule has 0 atom stereocenters. The zero-order valence-corrected chi connectivity index (χ0v) is 13.2. The molecule has 4 N–H and O–H groups in total. The topological polar surface area (TPSA) is 70.5 Å². The van der Waals surface area contributed by atoms with Crippen molar-refractivity contribution in [2.24, 2.45) is 5.73 Å². The Hall–Kier alpha value is -1.44. The molecule has 0 spiro atoms. The summed E-state index contributed by atoms with van der Waals surface area (Å²) in [5.74, 6) is -1.95. The molecule has 1 saturated heterocycles. The second kappa shape index (κ2) is 5.64. The summed E-state index contributed by atoms with van der Waals surface area (Å²) in [5, 5.41) is 0. The fourth-order valence-electron chi connectivity index (χ4n) is 2.12. The third-order valence-corrected chi connectivity index (χ3v) is 4.26. The average Bonchev–Trinajstić information content (AvgIpc) is 2.61. The van der Waals surface area contributed by atoms with Gasteiger partial charge in [-0.25, -0.2) is 8.78 Å². The quantitative estimate of drug-likeness (QED) is 0.665. The van der Waals surface area contributed by atoms with Gasteiger partial charge in [0.05, 0.1) is 11.2 Å². The molecule has 1 heterocycles. The van der Waals surface area contributed by atoms with Crippen LogP contribution in [0.3, 0.4) is 0 Å². The number of rotatable bonds is 3. The number of benzene rings is 1. The van der Waals surface area contributed by atoms with Crippen molar-refractivity contribution in [3.05, 3.63) is 34.8 Å². The number of hydrogen-bond acceptors (Lipinski definition) is 4. The number of halogens is 2. The Balaban J connectivity index is 2.36. The van der Waals surface area contributed by atoms with Gasteiger partial charge in [0.1, 0.15) is 0 Å². The molecule has 120 valence electrons. The highest BCUT2D eigenvalue weighted by Crippen LogP contribution is 2.38. The van der Waals surface area contributed by atoms with Crippen LogP contribution in [0.15, 0.2) is 17.6 Å². The van der Waals surface area contributed by atoms with E-state index in [1.807, 2.05) is 27.7 Å². The molecule has 0 saturated carbocycles. The van der Waals surface area contributed by atoms with Crippen LogP contribution in [0.25, 0.3) is 6.08 Å². The van der Waals surface area contributed by atoms with E-state index in [1.54, 1.807) is 6.08 Å². The van der Waals surface area contributed by atoms with Crippen molar-refractivity contribution in [2.45, 2.75) is 38.9 Å². The Kier molecular flexibility index (Phi) is 4.34. The minimum absolute atomic E-state index is 0.126. The third-order valence-electron chi connectivity index (χ3n) is 4.26. The monoisotopic (exact) mass is 310 g/mol. The van der Waals surface area contributed by atoms with Crippen LogP contribution in [0.5, 0.6) is 0 Å². The maximum Gasteiger partial charge on any atom is 0.491 e. The van der Waals surface area contributed by atoms with E-state index in [-0.39, 0.29) is 12.2 Å². The minimum atomic E-state index is -0.986. The fourth-order valence-corrected chi connectivity index (χ4v) is 2.12. The van der Waals surface area contributed by atoms with Gasteiger partial charge in [-0.15, -0.1) is 0 Å². The Morgan fingerprint density at radius 1 is 1.14 bits per heavy atom. The third kappa shape index (κ3) is 3.02. The predicted octanol–water partition coefficient (Wildman–Crippen LogP) is 2.52. The number of nitrogen functional groups attached to an aromatic ring is 1. The maximum atomic E-state index is 13.4. The van der Waals surface area contributed by atoms with Gasteiger partial charge in [-0.2, -0.15) is 0 Å². The van der Waals surface area contributed by atoms with Crippen LogP contribution in [0.1, 0.15) is 33.3 Å². The second-order valence-corrected chi connectivity index (χ2v) is 6.41. The molecule has 1 aromatic rings. The summed E-state index contributed by atoms with van der Waals surface area (Å²) in [4.78, 5) is 0. The molecule has 1 aliphatic heterocycles. The normalized spacial score (nSPS) is 20.5. The number of hydrogen-bond donors (Lipinski definition) is 2. The minimum Gasteiger partial charge on any atom is -0.400 e. The molecule has 0 aromatic heterocycles. The molecule has 1 aromatic carbocycles. The zero-order valence-electron chi connectivity index (χ0n) is 13.2. The van der Waals surface area contributed by atoms with Gasteiger partial charge >= 0.3 is 7.12 Å². The molecule has 1 aliphatic rings. The first-order valence-corrected chi connectivity index (χ1v) is 7.08. The summed E-state index contributed by atoms with van der Waals surface area (Å²) >= 11 is 0. The summed E-state index contributed by atoms with van der Waals surface area (Å²) in [5.41, 5.74) is 11.5. The summed E-state index contributed by atoms with van der Waals surface area (Å²) in [6, 6.07) is 1.98. The van der Waals surface area contributed by atoms with Gasteiger partial charge in [0, 0.05) is 18.3 Å². The maximum absolute atomic E-state index is 13.4. The fraction of sp³-hybridized carbons (Fsp3) is 0.467. The van der Waals surface area contributed by atoms with Crippen molar-refractivity contribution in [1.82, 2.24) is 0 Å². The zero-order chi connectivity index (χ0) is 16.7. The lowest BCUT2D eigenvalue weighted by molar-refractivity contribution is 0.00578. The smallest absolute Gasteiger partial charge is 0.400 e. The van der Waals surface area contributed by atoms with Gasteiger partial charge in [0.2, 0.25) is 0 Å². The molecule has 2 rings (SSSR count). The average molecular weight is 310 g/mol. The molecule has 22 heavy (non-hydrogen) atoms. The lowest BCUT2D eigenvalue weighted by Gasteiger charge is -2.32. The first kappa shape index (κ1) is 16.9. The van der Waals surface area contributed by atoms with Gasteiger partial charge in [-0.1, -0.05) is 6.08 Å². The van der Waals surface area contributed by atoms with Crippen LogP contribution >= 0.6 is 0 Å². The lowest BCUT2D eigenvalue weighted by atomic mass is 9.77. The molecule has 0 amide bonds. The van der Waals surface area contributed by atoms with Crippen LogP contribution < -0.4 is 11.5 Å². The van der Waals surface area contributed by atoms with E-state index >= 15 is 0 Å². The molecule has 0 unspecified atom stereocenters. The Morgan fingerprint density at radius 2 is 1.64 bits per heavy atom. The molecule has 4 nitrogen and oxygen atoms in total. The first-order valence-electron chi connectivity index (χ1n) is 7.08. The van der Waals surface area contributed by atoms with Crippen molar-refractivity contribution in [3.8, 4) is 0 Å².